The Kier molecular flexibility index (Phi) is 4.56. The summed E-state index contributed by atoms with van der Waals surface area (Å²) in [6.45, 7) is 1.82. The molecule has 2 saturated carbocycles. The number of carbonyl (C=O) groups excluding carboxylic acids is 2. The molecule has 2 atom stereocenters. The average Bonchev–Trinajstić information content (AvgIpc) is 2.92. The highest BCUT2D eigenvalue weighted by molar-refractivity contribution is 5.93. The van der Waals surface area contributed by atoms with Gasteiger partial charge in [-0.15, -0.1) is 0 Å². The van der Waals surface area contributed by atoms with Crippen molar-refractivity contribution in [2.75, 3.05) is 0 Å². The molecule has 2 aromatic rings. The number of aromatic nitrogens is 3. The van der Waals surface area contributed by atoms with E-state index in [4.69, 9.17) is 0 Å². The van der Waals surface area contributed by atoms with Crippen LogP contribution in [0.1, 0.15) is 65.2 Å². The molecule has 2 amide bonds. The Hall–Kier alpha value is -2.90. The van der Waals surface area contributed by atoms with Crippen LogP contribution in [-0.2, 0) is 0 Å². The lowest BCUT2D eigenvalue weighted by Gasteiger charge is -2.40. The zero-order chi connectivity index (χ0) is 19.8. The molecule has 0 aliphatic heterocycles. The first-order valence-corrected chi connectivity index (χ1v) is 9.44. The molecule has 0 saturated heterocycles. The summed E-state index contributed by atoms with van der Waals surface area (Å²) in [6, 6.07) is 2.60. The molecule has 2 aromatic heterocycles. The molecule has 2 unspecified atom stereocenters. The van der Waals surface area contributed by atoms with Crippen molar-refractivity contribution in [3.05, 3.63) is 53.6 Å². The normalized spacial score (nSPS) is 25.9. The predicted octanol–water partition coefficient (Wildman–Crippen LogP) is 2.32. The maximum Gasteiger partial charge on any atom is 0.271 e. The van der Waals surface area contributed by atoms with Gasteiger partial charge in [-0.2, -0.15) is 0 Å². The van der Waals surface area contributed by atoms with Gasteiger partial charge < -0.3 is 10.6 Å². The molecule has 2 aliphatic rings. The smallest absolute Gasteiger partial charge is 0.271 e. The van der Waals surface area contributed by atoms with E-state index in [0.29, 0.717) is 12.1 Å². The first-order valence-electron chi connectivity index (χ1n) is 9.44. The fraction of sp³-hybridized carbons (Fsp3) is 0.450. The number of nitrogens with one attached hydrogen (secondary N) is 2. The minimum Gasteiger partial charge on any atom is -0.345 e. The molecule has 2 fully saturated rings. The second kappa shape index (κ2) is 6.92. The van der Waals surface area contributed by atoms with Crippen LogP contribution in [0, 0.1) is 12.7 Å². The number of aryl methyl sites for hydroxylation is 1. The van der Waals surface area contributed by atoms with Crippen LogP contribution in [0.3, 0.4) is 0 Å². The lowest BCUT2D eigenvalue weighted by Crippen LogP contribution is -2.55. The summed E-state index contributed by atoms with van der Waals surface area (Å²) in [6.07, 6.45) is 8.93. The SMILES string of the molecule is Cc1cnc(C(=O)NC23CCCC(NC(=O)c4ccc(F)cn4)(CC2)C3)cn1. The zero-order valence-corrected chi connectivity index (χ0v) is 15.7. The lowest BCUT2D eigenvalue weighted by atomic mass is 9.78. The highest BCUT2D eigenvalue weighted by atomic mass is 19.1. The van der Waals surface area contributed by atoms with Gasteiger partial charge in [-0.05, 0) is 57.6 Å². The first-order chi connectivity index (χ1) is 13.4. The topological polar surface area (TPSA) is 96.9 Å². The lowest BCUT2D eigenvalue weighted by molar-refractivity contribution is 0.0827. The third-order valence-electron chi connectivity index (χ3n) is 5.80. The number of rotatable bonds is 4. The largest absolute Gasteiger partial charge is 0.345 e. The summed E-state index contributed by atoms with van der Waals surface area (Å²) in [5.74, 6) is -1.03. The van der Waals surface area contributed by atoms with Crippen LogP contribution in [0.2, 0.25) is 0 Å². The third kappa shape index (κ3) is 3.58. The van der Waals surface area contributed by atoms with Crippen molar-refractivity contribution >= 4 is 11.8 Å². The molecule has 2 N–H and O–H groups in total. The van der Waals surface area contributed by atoms with Gasteiger partial charge in [-0.1, -0.05) is 0 Å². The van der Waals surface area contributed by atoms with Crippen molar-refractivity contribution in [2.45, 2.75) is 56.5 Å². The van der Waals surface area contributed by atoms with Crippen molar-refractivity contribution in [2.24, 2.45) is 0 Å². The fourth-order valence-corrected chi connectivity index (χ4v) is 4.46. The Bertz CT molecular complexity index is 828. The van der Waals surface area contributed by atoms with Crippen molar-refractivity contribution in [3.8, 4) is 0 Å². The van der Waals surface area contributed by atoms with E-state index < -0.39 is 5.82 Å². The number of nitrogens with zero attached hydrogens (tertiary/aromatic N) is 3. The van der Waals surface area contributed by atoms with E-state index in [9.17, 15) is 14.0 Å². The molecule has 8 heteroatoms. The molecule has 4 rings (SSSR count). The number of hydrogen-bond donors (Lipinski definition) is 2. The molecular weight excluding hydrogens is 361 g/mol. The molecule has 2 aliphatic carbocycles. The second-order valence-corrected chi connectivity index (χ2v) is 7.90. The predicted molar refractivity (Wildman–Crippen MR) is 99.1 cm³/mol. The van der Waals surface area contributed by atoms with Crippen molar-refractivity contribution in [1.29, 1.82) is 0 Å². The van der Waals surface area contributed by atoms with Gasteiger partial charge in [0.2, 0.25) is 0 Å². The molecule has 2 heterocycles. The van der Waals surface area contributed by atoms with Crippen LogP contribution in [-0.4, -0.2) is 37.8 Å². The molecule has 0 aromatic carbocycles. The summed E-state index contributed by atoms with van der Waals surface area (Å²) >= 11 is 0. The Morgan fingerprint density at radius 3 is 2.11 bits per heavy atom. The second-order valence-electron chi connectivity index (χ2n) is 7.90. The molecule has 28 heavy (non-hydrogen) atoms. The van der Waals surface area contributed by atoms with E-state index in [1.807, 2.05) is 6.92 Å². The molecule has 0 spiro atoms. The number of pyridine rings is 1. The van der Waals surface area contributed by atoms with Crippen LogP contribution >= 0.6 is 0 Å². The van der Waals surface area contributed by atoms with Gasteiger partial charge in [0.1, 0.15) is 17.2 Å². The van der Waals surface area contributed by atoms with E-state index >= 15 is 0 Å². The van der Waals surface area contributed by atoms with Crippen molar-refractivity contribution in [1.82, 2.24) is 25.6 Å². The Morgan fingerprint density at radius 1 is 0.893 bits per heavy atom. The van der Waals surface area contributed by atoms with Crippen molar-refractivity contribution in [3.63, 3.8) is 0 Å². The number of carbonyl (C=O) groups is 2. The molecule has 146 valence electrons. The van der Waals surface area contributed by atoms with Crippen LogP contribution in [0.15, 0.2) is 30.7 Å². The molecule has 2 bridgehead atoms. The van der Waals surface area contributed by atoms with Crippen LogP contribution in [0.4, 0.5) is 4.39 Å². The van der Waals surface area contributed by atoms with E-state index in [1.165, 1.54) is 18.3 Å². The van der Waals surface area contributed by atoms with E-state index in [-0.39, 0.29) is 28.6 Å². The first kappa shape index (κ1) is 18.5. The third-order valence-corrected chi connectivity index (χ3v) is 5.80. The standard InChI is InChI=1S/C20H22FN5O2/c1-13-9-23-16(11-22-13)18(28)26-20-6-2-5-19(12-20,7-8-20)25-17(27)15-4-3-14(21)10-24-15/h3-4,9-11H,2,5-8,12H2,1H3,(H,25,27)(H,26,28). The molecular formula is C20H22FN5O2. The number of hydrogen-bond acceptors (Lipinski definition) is 5. The van der Waals surface area contributed by atoms with Crippen molar-refractivity contribution < 1.29 is 14.0 Å². The van der Waals surface area contributed by atoms with Crippen LogP contribution in [0.5, 0.6) is 0 Å². The monoisotopic (exact) mass is 383 g/mol. The van der Waals surface area contributed by atoms with E-state index in [0.717, 1.165) is 44.0 Å². The highest BCUT2D eigenvalue weighted by Crippen LogP contribution is 2.48. The minimum absolute atomic E-state index is 0.192. The summed E-state index contributed by atoms with van der Waals surface area (Å²) in [4.78, 5) is 37.4. The Morgan fingerprint density at radius 2 is 1.54 bits per heavy atom. The van der Waals surface area contributed by atoms with E-state index in [2.05, 4.69) is 25.6 Å². The number of amides is 2. The molecule has 0 radical (unpaired) electrons. The summed E-state index contributed by atoms with van der Waals surface area (Å²) < 4.78 is 13.0. The van der Waals surface area contributed by atoms with Gasteiger partial charge in [0.15, 0.2) is 0 Å². The maximum atomic E-state index is 13.0. The summed E-state index contributed by atoms with van der Waals surface area (Å²) in [7, 11) is 0. The average molecular weight is 383 g/mol. The Labute approximate surface area is 162 Å². The summed E-state index contributed by atoms with van der Waals surface area (Å²) in [5.41, 5.74) is 0.507. The minimum atomic E-state index is -0.478. The quantitative estimate of drug-likeness (QED) is 0.845. The van der Waals surface area contributed by atoms with Gasteiger partial charge >= 0.3 is 0 Å². The van der Waals surface area contributed by atoms with E-state index in [1.54, 1.807) is 6.20 Å². The Balaban J connectivity index is 1.46. The fourth-order valence-electron chi connectivity index (χ4n) is 4.46. The zero-order valence-electron chi connectivity index (χ0n) is 15.7. The maximum absolute atomic E-state index is 13.0. The van der Waals surface area contributed by atoms with Gasteiger partial charge in [-0.25, -0.2) is 14.4 Å². The number of fused-ring (bicyclic) bond motifs is 2. The molecule has 7 nitrogen and oxygen atoms in total. The van der Waals surface area contributed by atoms with Crippen LogP contribution < -0.4 is 10.6 Å². The van der Waals surface area contributed by atoms with Gasteiger partial charge in [0.05, 0.1) is 18.1 Å². The summed E-state index contributed by atoms with van der Waals surface area (Å²) in [5, 5.41) is 6.25. The highest BCUT2D eigenvalue weighted by Gasteiger charge is 2.52. The van der Waals surface area contributed by atoms with Crippen LogP contribution in [0.25, 0.3) is 0 Å². The van der Waals surface area contributed by atoms with Gasteiger partial charge in [0, 0.05) is 17.3 Å². The van der Waals surface area contributed by atoms with Gasteiger partial charge in [0.25, 0.3) is 11.8 Å². The number of halogens is 1. The van der Waals surface area contributed by atoms with Gasteiger partial charge in [-0.3, -0.25) is 14.6 Å².